The van der Waals surface area contributed by atoms with E-state index in [4.69, 9.17) is 0 Å². The molecule has 2 heterocycles. The molecule has 0 aromatic carbocycles. The molecule has 0 saturated heterocycles. The summed E-state index contributed by atoms with van der Waals surface area (Å²) in [5, 5.41) is 4.52. The van der Waals surface area contributed by atoms with E-state index in [1.165, 1.54) is 0 Å². The third-order valence-corrected chi connectivity index (χ3v) is 2.75. The van der Waals surface area contributed by atoms with Crippen molar-refractivity contribution in [1.29, 1.82) is 0 Å². The standard InChI is InChI=1S/C11H12BrN3/c1-8(2)10-7-11(12)15(14-10)9-3-5-13-6-4-9/h3-8H,1-2H3. The first-order chi connectivity index (χ1) is 7.18. The summed E-state index contributed by atoms with van der Waals surface area (Å²) in [6.45, 7) is 4.26. The van der Waals surface area contributed by atoms with E-state index in [0.717, 1.165) is 16.0 Å². The van der Waals surface area contributed by atoms with Crippen molar-refractivity contribution < 1.29 is 0 Å². The highest BCUT2D eigenvalue weighted by Crippen LogP contribution is 2.21. The summed E-state index contributed by atoms with van der Waals surface area (Å²) in [4.78, 5) is 3.99. The van der Waals surface area contributed by atoms with Gasteiger partial charge in [0.25, 0.3) is 0 Å². The largest absolute Gasteiger partial charge is 0.265 e. The number of rotatable bonds is 2. The molecule has 2 aromatic heterocycles. The molecule has 0 aliphatic carbocycles. The molecule has 0 amide bonds. The zero-order valence-electron chi connectivity index (χ0n) is 8.68. The second kappa shape index (κ2) is 4.14. The maximum Gasteiger partial charge on any atom is 0.110 e. The zero-order chi connectivity index (χ0) is 10.8. The first-order valence-corrected chi connectivity index (χ1v) is 5.63. The maximum atomic E-state index is 4.52. The maximum absolute atomic E-state index is 4.52. The second-order valence-corrected chi connectivity index (χ2v) is 4.48. The van der Waals surface area contributed by atoms with Crippen molar-refractivity contribution in [3.63, 3.8) is 0 Å². The van der Waals surface area contributed by atoms with Crippen LogP contribution in [0.25, 0.3) is 5.69 Å². The Hall–Kier alpha value is -1.16. The van der Waals surface area contributed by atoms with Gasteiger partial charge in [-0.2, -0.15) is 5.10 Å². The van der Waals surface area contributed by atoms with E-state index in [-0.39, 0.29) is 0 Å². The Morgan fingerprint density at radius 3 is 2.47 bits per heavy atom. The minimum atomic E-state index is 0.435. The van der Waals surface area contributed by atoms with Crippen LogP contribution in [0.2, 0.25) is 0 Å². The van der Waals surface area contributed by atoms with E-state index in [1.54, 1.807) is 12.4 Å². The molecule has 0 N–H and O–H groups in total. The van der Waals surface area contributed by atoms with Crippen molar-refractivity contribution in [2.45, 2.75) is 19.8 Å². The first kappa shape index (κ1) is 10.4. The van der Waals surface area contributed by atoms with Gasteiger partial charge in [-0.15, -0.1) is 0 Å². The predicted molar refractivity (Wildman–Crippen MR) is 63.1 cm³/mol. The zero-order valence-corrected chi connectivity index (χ0v) is 10.3. The Kier molecular flexibility index (Phi) is 2.86. The average Bonchev–Trinajstić information content (AvgIpc) is 2.62. The van der Waals surface area contributed by atoms with E-state index in [1.807, 2.05) is 22.9 Å². The summed E-state index contributed by atoms with van der Waals surface area (Å²) in [7, 11) is 0. The SMILES string of the molecule is CC(C)c1cc(Br)n(-c2ccncc2)n1. The predicted octanol–water partition coefficient (Wildman–Crippen LogP) is 3.15. The van der Waals surface area contributed by atoms with Crippen molar-refractivity contribution in [2.24, 2.45) is 0 Å². The van der Waals surface area contributed by atoms with Crippen LogP contribution < -0.4 is 0 Å². The summed E-state index contributed by atoms with van der Waals surface area (Å²) in [5.74, 6) is 0.435. The number of halogens is 1. The van der Waals surface area contributed by atoms with E-state index in [2.05, 4.69) is 39.9 Å². The van der Waals surface area contributed by atoms with Crippen LogP contribution in [-0.4, -0.2) is 14.8 Å². The molecule has 0 unspecified atom stereocenters. The van der Waals surface area contributed by atoms with Crippen molar-refractivity contribution in [3.05, 3.63) is 40.9 Å². The van der Waals surface area contributed by atoms with Crippen LogP contribution in [0, 0.1) is 0 Å². The molecule has 0 bridgehead atoms. The van der Waals surface area contributed by atoms with Gasteiger partial charge in [-0.3, -0.25) is 4.98 Å². The Morgan fingerprint density at radius 1 is 1.27 bits per heavy atom. The molecule has 4 heteroatoms. The van der Waals surface area contributed by atoms with Crippen LogP contribution in [0.3, 0.4) is 0 Å². The summed E-state index contributed by atoms with van der Waals surface area (Å²) in [6.07, 6.45) is 3.52. The fourth-order valence-electron chi connectivity index (χ4n) is 1.32. The monoisotopic (exact) mass is 265 g/mol. The third kappa shape index (κ3) is 2.09. The van der Waals surface area contributed by atoms with Gasteiger partial charge in [0, 0.05) is 12.4 Å². The Bertz CT molecular complexity index is 448. The van der Waals surface area contributed by atoms with Gasteiger partial charge >= 0.3 is 0 Å². The van der Waals surface area contributed by atoms with E-state index < -0.39 is 0 Å². The lowest BCUT2D eigenvalue weighted by atomic mass is 10.1. The molecule has 0 spiro atoms. The number of hydrogen-bond donors (Lipinski definition) is 0. The van der Waals surface area contributed by atoms with Gasteiger partial charge in [0.15, 0.2) is 0 Å². The van der Waals surface area contributed by atoms with E-state index in [0.29, 0.717) is 5.92 Å². The van der Waals surface area contributed by atoms with Crippen molar-refractivity contribution in [3.8, 4) is 5.69 Å². The number of hydrogen-bond acceptors (Lipinski definition) is 2. The van der Waals surface area contributed by atoms with Crippen LogP contribution in [0.5, 0.6) is 0 Å². The summed E-state index contributed by atoms with van der Waals surface area (Å²) in [6, 6.07) is 5.91. The molecule has 2 aromatic rings. The lowest BCUT2D eigenvalue weighted by Crippen LogP contribution is -1.98. The molecule has 3 nitrogen and oxygen atoms in total. The third-order valence-electron chi connectivity index (χ3n) is 2.18. The highest BCUT2D eigenvalue weighted by atomic mass is 79.9. The molecule has 0 fully saturated rings. The van der Waals surface area contributed by atoms with Crippen molar-refractivity contribution in [1.82, 2.24) is 14.8 Å². The van der Waals surface area contributed by atoms with Gasteiger partial charge < -0.3 is 0 Å². The number of aromatic nitrogens is 3. The Labute approximate surface area is 97.3 Å². The molecular formula is C11H12BrN3. The molecule has 2 rings (SSSR count). The van der Waals surface area contributed by atoms with Crippen LogP contribution in [0.1, 0.15) is 25.5 Å². The van der Waals surface area contributed by atoms with Crippen LogP contribution in [-0.2, 0) is 0 Å². The van der Waals surface area contributed by atoms with Gasteiger partial charge in [0.1, 0.15) is 4.60 Å². The van der Waals surface area contributed by atoms with Gasteiger partial charge in [-0.25, -0.2) is 4.68 Å². The van der Waals surface area contributed by atoms with Crippen molar-refractivity contribution >= 4 is 15.9 Å². The molecule has 78 valence electrons. The minimum Gasteiger partial charge on any atom is -0.265 e. The lowest BCUT2D eigenvalue weighted by Gasteiger charge is -2.02. The second-order valence-electron chi connectivity index (χ2n) is 3.66. The van der Waals surface area contributed by atoms with Crippen LogP contribution in [0.15, 0.2) is 35.2 Å². The fraction of sp³-hybridized carbons (Fsp3) is 0.273. The Morgan fingerprint density at radius 2 is 1.93 bits per heavy atom. The Balaban J connectivity index is 2.45. The number of pyridine rings is 1. The minimum absolute atomic E-state index is 0.435. The number of nitrogens with zero attached hydrogens (tertiary/aromatic N) is 3. The summed E-state index contributed by atoms with van der Waals surface area (Å²) >= 11 is 3.50. The highest BCUT2D eigenvalue weighted by Gasteiger charge is 2.09. The normalized spacial score (nSPS) is 10.9. The first-order valence-electron chi connectivity index (χ1n) is 4.84. The fourth-order valence-corrected chi connectivity index (χ4v) is 1.84. The van der Waals surface area contributed by atoms with Gasteiger partial charge in [-0.05, 0) is 40.0 Å². The molecule has 15 heavy (non-hydrogen) atoms. The van der Waals surface area contributed by atoms with E-state index in [9.17, 15) is 0 Å². The lowest BCUT2D eigenvalue weighted by molar-refractivity contribution is 0.763. The van der Waals surface area contributed by atoms with Crippen LogP contribution in [0.4, 0.5) is 0 Å². The summed E-state index contributed by atoms with van der Waals surface area (Å²) in [5.41, 5.74) is 2.10. The van der Waals surface area contributed by atoms with Gasteiger partial charge in [0.2, 0.25) is 0 Å². The van der Waals surface area contributed by atoms with Gasteiger partial charge in [0.05, 0.1) is 11.4 Å². The molecular weight excluding hydrogens is 254 g/mol. The molecule has 0 radical (unpaired) electrons. The smallest absolute Gasteiger partial charge is 0.110 e. The van der Waals surface area contributed by atoms with Crippen molar-refractivity contribution in [2.75, 3.05) is 0 Å². The molecule has 0 aliphatic heterocycles. The molecule has 0 aliphatic rings. The highest BCUT2D eigenvalue weighted by molar-refractivity contribution is 9.10. The molecule has 0 saturated carbocycles. The summed E-state index contributed by atoms with van der Waals surface area (Å²) < 4.78 is 2.84. The topological polar surface area (TPSA) is 30.7 Å². The quantitative estimate of drug-likeness (QED) is 0.835. The van der Waals surface area contributed by atoms with Gasteiger partial charge in [-0.1, -0.05) is 13.8 Å². The van der Waals surface area contributed by atoms with Crippen LogP contribution >= 0.6 is 15.9 Å². The molecule has 0 atom stereocenters. The van der Waals surface area contributed by atoms with E-state index >= 15 is 0 Å². The average molecular weight is 266 g/mol.